The van der Waals surface area contributed by atoms with Crippen molar-refractivity contribution in [3.8, 4) is 0 Å². The Bertz CT molecular complexity index is 405. The molecule has 0 radical (unpaired) electrons. The van der Waals surface area contributed by atoms with E-state index in [1.54, 1.807) is 0 Å². The van der Waals surface area contributed by atoms with Gasteiger partial charge in [0, 0.05) is 18.3 Å². The molecular formula is C9H9F5N2O. The van der Waals surface area contributed by atoms with Gasteiger partial charge in [-0.25, -0.2) is 8.78 Å². The minimum atomic E-state index is -4.99. The van der Waals surface area contributed by atoms with Gasteiger partial charge in [-0.05, 0) is 5.56 Å². The van der Waals surface area contributed by atoms with E-state index in [1.807, 2.05) is 0 Å². The van der Waals surface area contributed by atoms with E-state index in [0.29, 0.717) is 0 Å². The van der Waals surface area contributed by atoms with Gasteiger partial charge in [-0.15, -0.1) is 0 Å². The lowest BCUT2D eigenvalue weighted by Crippen LogP contribution is -2.19. The highest BCUT2D eigenvalue weighted by Gasteiger charge is 2.39. The number of hydrogen-bond acceptors (Lipinski definition) is 3. The van der Waals surface area contributed by atoms with Crippen LogP contribution in [0.1, 0.15) is 28.8 Å². The monoisotopic (exact) mass is 256 g/mol. The average molecular weight is 256 g/mol. The molecule has 0 aromatic carbocycles. The zero-order valence-corrected chi connectivity index (χ0v) is 8.43. The lowest BCUT2D eigenvalue weighted by atomic mass is 10.0. The van der Waals surface area contributed by atoms with Crippen LogP contribution >= 0.6 is 0 Å². The summed E-state index contributed by atoms with van der Waals surface area (Å²) in [6.07, 6.45) is -7.57. The summed E-state index contributed by atoms with van der Waals surface area (Å²) in [5.74, 6) is 0. The molecule has 0 unspecified atom stereocenters. The Morgan fingerprint density at radius 2 is 1.94 bits per heavy atom. The van der Waals surface area contributed by atoms with Crippen molar-refractivity contribution in [3.05, 3.63) is 28.6 Å². The summed E-state index contributed by atoms with van der Waals surface area (Å²) in [7, 11) is 0. The summed E-state index contributed by atoms with van der Waals surface area (Å²) >= 11 is 0. The quantitative estimate of drug-likeness (QED) is 0.813. The largest absolute Gasteiger partial charge is 0.418 e. The maximum Gasteiger partial charge on any atom is 0.418 e. The summed E-state index contributed by atoms with van der Waals surface area (Å²) < 4.78 is 62.9. The number of halogens is 5. The van der Waals surface area contributed by atoms with Gasteiger partial charge in [0.2, 0.25) is 0 Å². The Balaban J connectivity index is 3.56. The molecule has 0 saturated heterocycles. The first-order valence-electron chi connectivity index (χ1n) is 4.49. The van der Waals surface area contributed by atoms with Crippen molar-refractivity contribution in [1.82, 2.24) is 4.98 Å². The van der Waals surface area contributed by atoms with Crippen molar-refractivity contribution in [3.63, 3.8) is 0 Å². The summed E-state index contributed by atoms with van der Waals surface area (Å²) in [5, 5.41) is 8.82. The SMILES string of the molecule is NCc1c(CO)cnc(C(F)F)c1C(F)(F)F. The standard InChI is InChI=1S/C9H9F5N2O/c10-8(11)7-6(9(12,13)14)5(1-15)4(3-17)2-16-7/h2,8,17H,1,3,15H2. The van der Waals surface area contributed by atoms with Crippen molar-refractivity contribution in [1.29, 1.82) is 0 Å². The number of nitrogens with zero attached hydrogens (tertiary/aromatic N) is 1. The summed E-state index contributed by atoms with van der Waals surface area (Å²) in [5.41, 5.74) is 1.43. The predicted molar refractivity (Wildman–Crippen MR) is 48.0 cm³/mol. The highest BCUT2D eigenvalue weighted by atomic mass is 19.4. The van der Waals surface area contributed by atoms with E-state index in [2.05, 4.69) is 4.98 Å². The van der Waals surface area contributed by atoms with Crippen LogP contribution in [0.2, 0.25) is 0 Å². The topological polar surface area (TPSA) is 59.1 Å². The number of nitrogens with two attached hydrogens (primary N) is 1. The van der Waals surface area contributed by atoms with Gasteiger partial charge in [0.25, 0.3) is 6.43 Å². The second-order valence-corrected chi connectivity index (χ2v) is 3.18. The minimum absolute atomic E-state index is 0.204. The van der Waals surface area contributed by atoms with Crippen LogP contribution < -0.4 is 5.73 Å². The Morgan fingerprint density at radius 3 is 2.29 bits per heavy atom. The van der Waals surface area contributed by atoms with E-state index in [-0.39, 0.29) is 5.56 Å². The van der Waals surface area contributed by atoms with E-state index < -0.39 is 42.6 Å². The van der Waals surface area contributed by atoms with Crippen molar-refractivity contribution in [2.24, 2.45) is 5.73 Å². The number of aliphatic hydroxyl groups is 1. The third-order valence-corrected chi connectivity index (χ3v) is 2.17. The first kappa shape index (κ1) is 13.8. The van der Waals surface area contributed by atoms with E-state index in [1.165, 1.54) is 0 Å². The molecule has 0 aliphatic carbocycles. The fraction of sp³-hybridized carbons (Fsp3) is 0.444. The van der Waals surface area contributed by atoms with Gasteiger partial charge < -0.3 is 10.8 Å². The predicted octanol–water partition coefficient (Wildman–Crippen LogP) is 1.99. The fourth-order valence-corrected chi connectivity index (χ4v) is 1.46. The number of alkyl halides is 5. The van der Waals surface area contributed by atoms with Gasteiger partial charge in [-0.2, -0.15) is 13.2 Å². The molecule has 0 aliphatic rings. The van der Waals surface area contributed by atoms with Crippen LogP contribution in [0.15, 0.2) is 6.20 Å². The van der Waals surface area contributed by atoms with Crippen LogP contribution in [-0.2, 0) is 19.3 Å². The zero-order chi connectivity index (χ0) is 13.2. The van der Waals surface area contributed by atoms with E-state index in [9.17, 15) is 22.0 Å². The molecule has 3 N–H and O–H groups in total. The maximum atomic E-state index is 12.7. The molecule has 0 bridgehead atoms. The minimum Gasteiger partial charge on any atom is -0.392 e. The van der Waals surface area contributed by atoms with Crippen LogP contribution in [0.3, 0.4) is 0 Å². The van der Waals surface area contributed by atoms with Crippen molar-refractivity contribution in [2.45, 2.75) is 25.8 Å². The molecule has 0 fully saturated rings. The van der Waals surface area contributed by atoms with Crippen LogP contribution in [0, 0.1) is 0 Å². The molecular weight excluding hydrogens is 247 g/mol. The molecule has 0 aliphatic heterocycles. The third kappa shape index (κ3) is 2.70. The molecule has 1 aromatic rings. The van der Waals surface area contributed by atoms with Crippen LogP contribution in [0.5, 0.6) is 0 Å². The molecule has 1 rings (SSSR count). The number of pyridine rings is 1. The maximum absolute atomic E-state index is 12.7. The Hall–Kier alpha value is -1.28. The van der Waals surface area contributed by atoms with Gasteiger partial charge in [-0.1, -0.05) is 0 Å². The number of aliphatic hydroxyl groups excluding tert-OH is 1. The first-order chi connectivity index (χ1) is 7.82. The normalized spacial score (nSPS) is 12.2. The molecule has 0 spiro atoms. The fourth-order valence-electron chi connectivity index (χ4n) is 1.46. The van der Waals surface area contributed by atoms with Gasteiger partial charge in [-0.3, -0.25) is 4.98 Å². The highest BCUT2D eigenvalue weighted by Crippen LogP contribution is 2.38. The average Bonchev–Trinajstić information content (AvgIpc) is 2.25. The van der Waals surface area contributed by atoms with Crippen molar-refractivity contribution in [2.75, 3.05) is 0 Å². The molecule has 17 heavy (non-hydrogen) atoms. The number of hydrogen-bond donors (Lipinski definition) is 2. The molecule has 96 valence electrons. The van der Waals surface area contributed by atoms with Crippen LogP contribution in [0.4, 0.5) is 22.0 Å². The first-order valence-corrected chi connectivity index (χ1v) is 4.49. The molecule has 0 amide bonds. The lowest BCUT2D eigenvalue weighted by molar-refractivity contribution is -0.140. The zero-order valence-electron chi connectivity index (χ0n) is 8.43. The van der Waals surface area contributed by atoms with E-state index >= 15 is 0 Å². The van der Waals surface area contributed by atoms with Gasteiger partial charge in [0.1, 0.15) is 5.69 Å². The Labute approximate surface area is 93.1 Å². The Morgan fingerprint density at radius 1 is 1.35 bits per heavy atom. The smallest absolute Gasteiger partial charge is 0.392 e. The molecule has 1 heterocycles. The van der Waals surface area contributed by atoms with Crippen LogP contribution in [0.25, 0.3) is 0 Å². The van der Waals surface area contributed by atoms with E-state index in [0.717, 1.165) is 6.20 Å². The van der Waals surface area contributed by atoms with Gasteiger partial charge in [0.15, 0.2) is 0 Å². The molecule has 0 saturated carbocycles. The Kier molecular flexibility index (Phi) is 3.99. The second-order valence-electron chi connectivity index (χ2n) is 3.18. The molecule has 8 heteroatoms. The van der Waals surface area contributed by atoms with Gasteiger partial charge >= 0.3 is 6.18 Å². The lowest BCUT2D eigenvalue weighted by Gasteiger charge is -2.17. The molecule has 1 aromatic heterocycles. The van der Waals surface area contributed by atoms with Crippen LogP contribution in [-0.4, -0.2) is 10.1 Å². The summed E-state index contributed by atoms with van der Waals surface area (Å²) in [6.45, 7) is -1.35. The highest BCUT2D eigenvalue weighted by molar-refractivity contribution is 5.39. The second kappa shape index (κ2) is 4.92. The van der Waals surface area contributed by atoms with Gasteiger partial charge in [0.05, 0.1) is 12.2 Å². The number of rotatable bonds is 3. The summed E-state index contributed by atoms with van der Waals surface area (Å²) in [6, 6.07) is 0. The third-order valence-electron chi connectivity index (χ3n) is 2.17. The number of aromatic nitrogens is 1. The van der Waals surface area contributed by atoms with E-state index in [4.69, 9.17) is 10.8 Å². The van der Waals surface area contributed by atoms with Crippen molar-refractivity contribution < 1.29 is 27.1 Å². The molecule has 3 nitrogen and oxygen atoms in total. The molecule has 0 atom stereocenters. The van der Waals surface area contributed by atoms with Crippen molar-refractivity contribution >= 4 is 0 Å². The summed E-state index contributed by atoms with van der Waals surface area (Å²) in [4.78, 5) is 3.04.